The van der Waals surface area contributed by atoms with Crippen LogP contribution in [0.2, 0.25) is 5.02 Å². The van der Waals surface area contributed by atoms with E-state index in [0.29, 0.717) is 12.5 Å². The predicted molar refractivity (Wildman–Crippen MR) is 85.5 cm³/mol. The summed E-state index contributed by atoms with van der Waals surface area (Å²) >= 11 is 6.08. The van der Waals surface area contributed by atoms with Gasteiger partial charge in [0, 0.05) is 10.6 Å². The standard InChI is InChI=1S/C17H20ClNO/c1-12(8-9-19)13-6-7-17(20-2)16(11-13)14-4-3-5-15(18)10-14/h3-7,10-12H,8-9,19H2,1-2H3. The highest BCUT2D eigenvalue weighted by Gasteiger charge is 2.11. The highest BCUT2D eigenvalue weighted by molar-refractivity contribution is 6.30. The Hall–Kier alpha value is -1.51. The van der Waals surface area contributed by atoms with Gasteiger partial charge in [0.05, 0.1) is 7.11 Å². The van der Waals surface area contributed by atoms with Crippen LogP contribution in [-0.4, -0.2) is 13.7 Å². The van der Waals surface area contributed by atoms with E-state index in [1.165, 1.54) is 5.56 Å². The van der Waals surface area contributed by atoms with Crippen molar-refractivity contribution >= 4 is 11.6 Å². The Balaban J connectivity index is 2.46. The van der Waals surface area contributed by atoms with Gasteiger partial charge in [-0.15, -0.1) is 0 Å². The quantitative estimate of drug-likeness (QED) is 0.881. The Morgan fingerprint density at radius 3 is 2.65 bits per heavy atom. The van der Waals surface area contributed by atoms with Crippen molar-refractivity contribution in [2.24, 2.45) is 5.73 Å². The molecule has 2 rings (SSSR count). The average molecular weight is 290 g/mol. The molecule has 0 amide bonds. The Kier molecular flexibility index (Phi) is 5.05. The molecule has 1 atom stereocenters. The molecule has 106 valence electrons. The molecule has 0 aliphatic heterocycles. The fourth-order valence-electron chi connectivity index (χ4n) is 2.33. The number of rotatable bonds is 5. The number of ether oxygens (including phenoxy) is 1. The van der Waals surface area contributed by atoms with Crippen LogP contribution >= 0.6 is 11.6 Å². The van der Waals surface area contributed by atoms with E-state index < -0.39 is 0 Å². The van der Waals surface area contributed by atoms with E-state index in [1.54, 1.807) is 7.11 Å². The van der Waals surface area contributed by atoms with Gasteiger partial charge in [-0.25, -0.2) is 0 Å². The average Bonchev–Trinajstić information content (AvgIpc) is 2.47. The van der Waals surface area contributed by atoms with Crippen molar-refractivity contribution in [1.82, 2.24) is 0 Å². The first-order valence-corrected chi connectivity index (χ1v) is 7.17. The molecular weight excluding hydrogens is 270 g/mol. The molecule has 0 saturated carbocycles. The number of hydrogen-bond acceptors (Lipinski definition) is 2. The van der Waals surface area contributed by atoms with Crippen LogP contribution in [0.25, 0.3) is 11.1 Å². The first-order chi connectivity index (χ1) is 9.65. The van der Waals surface area contributed by atoms with Crippen LogP contribution in [0.3, 0.4) is 0 Å². The lowest BCUT2D eigenvalue weighted by Crippen LogP contribution is -2.04. The summed E-state index contributed by atoms with van der Waals surface area (Å²) in [5.41, 5.74) is 9.05. The lowest BCUT2D eigenvalue weighted by atomic mass is 9.93. The number of hydrogen-bond donors (Lipinski definition) is 1. The molecule has 3 heteroatoms. The first-order valence-electron chi connectivity index (χ1n) is 6.79. The summed E-state index contributed by atoms with van der Waals surface area (Å²) in [6.07, 6.45) is 0.974. The number of benzene rings is 2. The SMILES string of the molecule is COc1ccc(C(C)CCN)cc1-c1cccc(Cl)c1. The van der Waals surface area contributed by atoms with E-state index in [9.17, 15) is 0 Å². The van der Waals surface area contributed by atoms with Gasteiger partial charge in [0.25, 0.3) is 0 Å². The zero-order valence-corrected chi connectivity index (χ0v) is 12.7. The van der Waals surface area contributed by atoms with E-state index in [4.69, 9.17) is 22.1 Å². The third kappa shape index (κ3) is 3.33. The van der Waals surface area contributed by atoms with Crippen molar-refractivity contribution in [2.45, 2.75) is 19.3 Å². The summed E-state index contributed by atoms with van der Waals surface area (Å²) < 4.78 is 5.47. The lowest BCUT2D eigenvalue weighted by molar-refractivity contribution is 0.416. The summed E-state index contributed by atoms with van der Waals surface area (Å²) in [5, 5.41) is 0.727. The molecule has 2 nitrogen and oxygen atoms in total. The molecule has 1 unspecified atom stereocenters. The Labute approximate surface area is 125 Å². The van der Waals surface area contributed by atoms with Crippen molar-refractivity contribution < 1.29 is 4.74 Å². The minimum atomic E-state index is 0.434. The van der Waals surface area contributed by atoms with Gasteiger partial charge in [-0.1, -0.05) is 36.7 Å². The third-order valence-electron chi connectivity index (χ3n) is 3.53. The normalized spacial score (nSPS) is 12.2. The van der Waals surface area contributed by atoms with Crippen LogP contribution < -0.4 is 10.5 Å². The largest absolute Gasteiger partial charge is 0.496 e. The molecule has 2 aromatic carbocycles. The van der Waals surface area contributed by atoms with E-state index in [2.05, 4.69) is 19.1 Å². The minimum absolute atomic E-state index is 0.434. The predicted octanol–water partition coefficient (Wildman–Crippen LogP) is 4.47. The maximum atomic E-state index is 6.08. The number of methoxy groups -OCH3 is 1. The zero-order valence-electron chi connectivity index (χ0n) is 11.9. The van der Waals surface area contributed by atoms with Gasteiger partial charge >= 0.3 is 0 Å². The molecule has 2 N–H and O–H groups in total. The minimum Gasteiger partial charge on any atom is -0.496 e. The van der Waals surface area contributed by atoms with Crippen LogP contribution in [0.5, 0.6) is 5.75 Å². The molecule has 0 saturated heterocycles. The van der Waals surface area contributed by atoms with Gasteiger partial charge in [-0.2, -0.15) is 0 Å². The van der Waals surface area contributed by atoms with Crippen LogP contribution in [-0.2, 0) is 0 Å². The maximum Gasteiger partial charge on any atom is 0.126 e. The van der Waals surface area contributed by atoms with Crippen LogP contribution in [0, 0.1) is 0 Å². The second-order valence-electron chi connectivity index (χ2n) is 4.95. The van der Waals surface area contributed by atoms with E-state index in [1.807, 2.05) is 30.3 Å². The Morgan fingerprint density at radius 2 is 2.00 bits per heavy atom. The molecule has 0 heterocycles. The summed E-state index contributed by atoms with van der Waals surface area (Å²) in [4.78, 5) is 0. The molecule has 0 aromatic heterocycles. The highest BCUT2D eigenvalue weighted by Crippen LogP contribution is 2.34. The maximum absolute atomic E-state index is 6.08. The Morgan fingerprint density at radius 1 is 1.20 bits per heavy atom. The number of halogens is 1. The van der Waals surface area contributed by atoms with Crippen molar-refractivity contribution in [3.8, 4) is 16.9 Å². The topological polar surface area (TPSA) is 35.2 Å². The van der Waals surface area contributed by atoms with Crippen LogP contribution in [0.1, 0.15) is 24.8 Å². The molecule has 0 fully saturated rings. The second kappa shape index (κ2) is 6.78. The van der Waals surface area contributed by atoms with Crippen molar-refractivity contribution in [3.05, 3.63) is 53.1 Å². The molecule has 20 heavy (non-hydrogen) atoms. The van der Waals surface area contributed by atoms with Gasteiger partial charge in [-0.3, -0.25) is 0 Å². The third-order valence-corrected chi connectivity index (χ3v) is 3.76. The zero-order chi connectivity index (χ0) is 14.5. The van der Waals surface area contributed by atoms with Crippen molar-refractivity contribution in [1.29, 1.82) is 0 Å². The van der Waals surface area contributed by atoms with Gasteiger partial charge < -0.3 is 10.5 Å². The van der Waals surface area contributed by atoms with Crippen LogP contribution in [0.4, 0.5) is 0 Å². The summed E-state index contributed by atoms with van der Waals surface area (Å²) in [6, 6.07) is 14.1. The molecule has 0 spiro atoms. The molecule has 0 radical (unpaired) electrons. The molecular formula is C17H20ClNO. The van der Waals surface area contributed by atoms with Gasteiger partial charge in [0.1, 0.15) is 5.75 Å². The molecule has 2 aromatic rings. The van der Waals surface area contributed by atoms with Gasteiger partial charge in [0.15, 0.2) is 0 Å². The van der Waals surface area contributed by atoms with E-state index in [0.717, 1.165) is 28.3 Å². The monoisotopic (exact) mass is 289 g/mol. The first kappa shape index (κ1) is 14.9. The van der Waals surface area contributed by atoms with Crippen molar-refractivity contribution in [2.75, 3.05) is 13.7 Å². The van der Waals surface area contributed by atoms with Crippen molar-refractivity contribution in [3.63, 3.8) is 0 Å². The second-order valence-corrected chi connectivity index (χ2v) is 5.38. The number of nitrogens with two attached hydrogens (primary N) is 1. The smallest absolute Gasteiger partial charge is 0.126 e. The van der Waals surface area contributed by atoms with Crippen LogP contribution in [0.15, 0.2) is 42.5 Å². The molecule has 0 bridgehead atoms. The molecule has 0 aliphatic carbocycles. The van der Waals surface area contributed by atoms with Gasteiger partial charge in [0.2, 0.25) is 0 Å². The summed E-state index contributed by atoms with van der Waals surface area (Å²) in [5.74, 6) is 1.29. The fourth-order valence-corrected chi connectivity index (χ4v) is 2.52. The summed E-state index contributed by atoms with van der Waals surface area (Å²) in [7, 11) is 1.69. The van der Waals surface area contributed by atoms with E-state index in [-0.39, 0.29) is 0 Å². The van der Waals surface area contributed by atoms with E-state index >= 15 is 0 Å². The van der Waals surface area contributed by atoms with Gasteiger partial charge in [-0.05, 0) is 54.3 Å². The fraction of sp³-hybridized carbons (Fsp3) is 0.294. The lowest BCUT2D eigenvalue weighted by Gasteiger charge is -2.15. The highest BCUT2D eigenvalue weighted by atomic mass is 35.5. The summed E-state index contributed by atoms with van der Waals surface area (Å²) in [6.45, 7) is 2.89. The Bertz CT molecular complexity index is 583. The molecule has 0 aliphatic rings.